The highest BCUT2D eigenvalue weighted by Crippen LogP contribution is 2.46. The summed E-state index contributed by atoms with van der Waals surface area (Å²) in [6.07, 6.45) is 14.3. The van der Waals surface area contributed by atoms with E-state index in [4.69, 9.17) is 0 Å². The Balaban J connectivity index is 2.32. The van der Waals surface area contributed by atoms with Crippen LogP contribution in [0.2, 0.25) is 0 Å². The van der Waals surface area contributed by atoms with Gasteiger partial charge in [0.15, 0.2) is 0 Å². The van der Waals surface area contributed by atoms with Gasteiger partial charge in [0, 0.05) is 0 Å². The molecule has 0 spiro atoms. The second kappa shape index (κ2) is 7.24. The van der Waals surface area contributed by atoms with Gasteiger partial charge < -0.3 is 0 Å². The maximum absolute atomic E-state index is 4.20. The first-order valence-corrected chi connectivity index (χ1v) is 7.77. The number of hydrogen-bond acceptors (Lipinski definition) is 0. The highest BCUT2D eigenvalue weighted by Gasteiger charge is 2.32. The molecule has 0 bridgehead atoms. The van der Waals surface area contributed by atoms with Crippen LogP contribution in [0.15, 0.2) is 12.2 Å². The van der Waals surface area contributed by atoms with Crippen LogP contribution in [0.1, 0.15) is 85.0 Å². The van der Waals surface area contributed by atoms with Crippen molar-refractivity contribution in [1.82, 2.24) is 0 Å². The smallest absolute Gasteiger partial charge is 0.0263 e. The molecule has 0 nitrogen and oxygen atoms in total. The van der Waals surface area contributed by atoms with E-state index < -0.39 is 0 Å². The topological polar surface area (TPSA) is 0 Å². The standard InChI is InChI=1S/C17H32/c1-5-6-11-17(12-7-8-13-17)14-9-10-16(4)15(2)3/h15H,4-14H2,1-3H3. The summed E-state index contributed by atoms with van der Waals surface area (Å²) >= 11 is 0. The fourth-order valence-corrected chi connectivity index (χ4v) is 3.28. The second-order valence-electron chi connectivity index (χ2n) is 6.48. The fourth-order valence-electron chi connectivity index (χ4n) is 3.28. The first-order chi connectivity index (χ1) is 8.09. The van der Waals surface area contributed by atoms with Crippen molar-refractivity contribution in [2.75, 3.05) is 0 Å². The van der Waals surface area contributed by atoms with Gasteiger partial charge in [-0.25, -0.2) is 0 Å². The van der Waals surface area contributed by atoms with Crippen LogP contribution in [0.5, 0.6) is 0 Å². The van der Waals surface area contributed by atoms with Crippen molar-refractivity contribution in [3.05, 3.63) is 12.2 Å². The molecule has 0 unspecified atom stereocenters. The largest absolute Gasteiger partial charge is 0.0996 e. The third-order valence-corrected chi connectivity index (χ3v) is 4.75. The minimum atomic E-state index is 0.671. The lowest BCUT2D eigenvalue weighted by Crippen LogP contribution is -2.16. The lowest BCUT2D eigenvalue weighted by atomic mass is 9.76. The van der Waals surface area contributed by atoms with E-state index in [1.54, 1.807) is 0 Å². The molecular weight excluding hydrogens is 204 g/mol. The van der Waals surface area contributed by atoms with E-state index in [9.17, 15) is 0 Å². The summed E-state index contributed by atoms with van der Waals surface area (Å²) in [7, 11) is 0. The Labute approximate surface area is 109 Å². The molecule has 0 aromatic carbocycles. The number of hydrogen-bond donors (Lipinski definition) is 0. The summed E-state index contributed by atoms with van der Waals surface area (Å²) in [5, 5.41) is 0. The molecule has 1 saturated carbocycles. The maximum atomic E-state index is 4.20. The molecule has 0 N–H and O–H groups in total. The van der Waals surface area contributed by atoms with E-state index >= 15 is 0 Å². The summed E-state index contributed by atoms with van der Waals surface area (Å²) in [6.45, 7) is 11.1. The average molecular weight is 236 g/mol. The van der Waals surface area contributed by atoms with Crippen molar-refractivity contribution in [3.63, 3.8) is 0 Å². The maximum Gasteiger partial charge on any atom is -0.0263 e. The van der Waals surface area contributed by atoms with E-state index in [-0.39, 0.29) is 0 Å². The van der Waals surface area contributed by atoms with Crippen molar-refractivity contribution >= 4 is 0 Å². The van der Waals surface area contributed by atoms with Gasteiger partial charge in [0.25, 0.3) is 0 Å². The van der Waals surface area contributed by atoms with E-state index in [2.05, 4.69) is 27.4 Å². The number of rotatable bonds is 8. The molecule has 17 heavy (non-hydrogen) atoms. The minimum Gasteiger partial charge on any atom is -0.0996 e. The van der Waals surface area contributed by atoms with E-state index in [0.29, 0.717) is 5.92 Å². The second-order valence-corrected chi connectivity index (χ2v) is 6.48. The molecular formula is C17H32. The quantitative estimate of drug-likeness (QED) is 0.445. The molecule has 0 radical (unpaired) electrons. The van der Waals surface area contributed by atoms with Crippen LogP contribution in [0.3, 0.4) is 0 Å². The Morgan fingerprint density at radius 2 is 1.71 bits per heavy atom. The average Bonchev–Trinajstić information content (AvgIpc) is 2.75. The van der Waals surface area contributed by atoms with Gasteiger partial charge in [0.1, 0.15) is 0 Å². The van der Waals surface area contributed by atoms with Gasteiger partial charge in [-0.3, -0.25) is 0 Å². The molecule has 1 aliphatic carbocycles. The van der Waals surface area contributed by atoms with Crippen LogP contribution < -0.4 is 0 Å². The fraction of sp³-hybridized carbons (Fsp3) is 0.882. The van der Waals surface area contributed by atoms with Crippen molar-refractivity contribution in [1.29, 1.82) is 0 Å². The van der Waals surface area contributed by atoms with Gasteiger partial charge in [0.2, 0.25) is 0 Å². The monoisotopic (exact) mass is 236 g/mol. The molecule has 0 aromatic rings. The molecule has 0 aromatic heterocycles. The predicted octanol–water partition coefficient (Wildman–Crippen LogP) is 6.12. The van der Waals surface area contributed by atoms with E-state index in [1.807, 2.05) is 0 Å². The van der Waals surface area contributed by atoms with Crippen molar-refractivity contribution in [2.45, 2.75) is 85.0 Å². The third kappa shape index (κ3) is 4.85. The van der Waals surface area contributed by atoms with Crippen LogP contribution >= 0.6 is 0 Å². The summed E-state index contributed by atoms with van der Waals surface area (Å²) in [5.41, 5.74) is 2.18. The summed E-state index contributed by atoms with van der Waals surface area (Å²) < 4.78 is 0. The first kappa shape index (κ1) is 14.8. The van der Waals surface area contributed by atoms with Crippen LogP contribution in [0.4, 0.5) is 0 Å². The molecule has 1 rings (SSSR count). The lowest BCUT2D eigenvalue weighted by Gasteiger charge is -2.29. The van der Waals surface area contributed by atoms with Gasteiger partial charge in [-0.1, -0.05) is 58.6 Å². The van der Waals surface area contributed by atoms with Gasteiger partial charge in [0.05, 0.1) is 0 Å². The highest BCUT2D eigenvalue weighted by molar-refractivity contribution is 4.97. The van der Waals surface area contributed by atoms with E-state index in [0.717, 1.165) is 5.41 Å². The van der Waals surface area contributed by atoms with Gasteiger partial charge in [-0.15, -0.1) is 0 Å². The van der Waals surface area contributed by atoms with Crippen molar-refractivity contribution < 1.29 is 0 Å². The van der Waals surface area contributed by atoms with Crippen LogP contribution in [-0.4, -0.2) is 0 Å². The first-order valence-electron chi connectivity index (χ1n) is 7.77. The lowest BCUT2D eigenvalue weighted by molar-refractivity contribution is 0.234. The molecule has 100 valence electrons. The SMILES string of the molecule is C=C(CCCC1(CCCC)CCCC1)C(C)C. The van der Waals surface area contributed by atoms with Crippen LogP contribution in [-0.2, 0) is 0 Å². The molecule has 0 aliphatic heterocycles. The molecule has 1 fully saturated rings. The molecule has 1 aliphatic rings. The third-order valence-electron chi connectivity index (χ3n) is 4.75. The summed E-state index contributed by atoms with van der Waals surface area (Å²) in [6, 6.07) is 0. The molecule has 0 atom stereocenters. The molecule has 0 heteroatoms. The summed E-state index contributed by atoms with van der Waals surface area (Å²) in [4.78, 5) is 0. The summed E-state index contributed by atoms with van der Waals surface area (Å²) in [5.74, 6) is 0.671. The zero-order chi connectivity index (χ0) is 12.7. The Bertz CT molecular complexity index is 218. The predicted molar refractivity (Wildman–Crippen MR) is 78.3 cm³/mol. The zero-order valence-corrected chi connectivity index (χ0v) is 12.4. The van der Waals surface area contributed by atoms with Crippen molar-refractivity contribution in [3.8, 4) is 0 Å². The van der Waals surface area contributed by atoms with Gasteiger partial charge in [-0.05, 0) is 49.9 Å². The van der Waals surface area contributed by atoms with E-state index in [1.165, 1.54) is 69.8 Å². The van der Waals surface area contributed by atoms with Crippen LogP contribution in [0.25, 0.3) is 0 Å². The Morgan fingerprint density at radius 3 is 2.24 bits per heavy atom. The van der Waals surface area contributed by atoms with Crippen LogP contribution in [0, 0.1) is 11.3 Å². The molecule has 0 heterocycles. The molecule has 0 saturated heterocycles. The van der Waals surface area contributed by atoms with Gasteiger partial charge in [-0.2, -0.15) is 0 Å². The van der Waals surface area contributed by atoms with Gasteiger partial charge >= 0.3 is 0 Å². The van der Waals surface area contributed by atoms with Crippen molar-refractivity contribution in [2.24, 2.45) is 11.3 Å². The minimum absolute atomic E-state index is 0.671. The Morgan fingerprint density at radius 1 is 1.12 bits per heavy atom. The Hall–Kier alpha value is -0.260. The normalized spacial score (nSPS) is 18.8. The number of allylic oxidation sites excluding steroid dienone is 1. The highest BCUT2D eigenvalue weighted by atomic mass is 14.4. The zero-order valence-electron chi connectivity index (χ0n) is 12.4. The number of unbranched alkanes of at least 4 members (excludes halogenated alkanes) is 1. The molecule has 0 amide bonds. The Kier molecular flexibility index (Phi) is 6.30.